The van der Waals surface area contributed by atoms with Crippen LogP contribution in [-0.2, 0) is 9.47 Å². The van der Waals surface area contributed by atoms with Gasteiger partial charge >= 0.3 is 12.2 Å². The molecule has 248 valence electrons. The lowest BCUT2D eigenvalue weighted by atomic mass is 10.0. The third kappa shape index (κ3) is 19.8. The molecule has 43 heavy (non-hydrogen) atoms. The van der Waals surface area contributed by atoms with Crippen LogP contribution in [0, 0.1) is 11.8 Å². The highest BCUT2D eigenvalue weighted by Crippen LogP contribution is 2.28. The van der Waals surface area contributed by atoms with Gasteiger partial charge in [0.2, 0.25) is 0 Å². The maximum absolute atomic E-state index is 12.4. The van der Waals surface area contributed by atoms with Crippen LogP contribution in [0.5, 0.6) is 0 Å². The van der Waals surface area contributed by atoms with E-state index >= 15 is 0 Å². The predicted octanol–water partition coefficient (Wildman–Crippen LogP) is 9.33. The van der Waals surface area contributed by atoms with E-state index in [0.717, 1.165) is 40.5 Å². The first-order valence-electron chi connectivity index (χ1n) is 15.8. The van der Waals surface area contributed by atoms with Crippen molar-refractivity contribution < 1.29 is 19.1 Å². The fourth-order valence-corrected chi connectivity index (χ4v) is 8.80. The summed E-state index contributed by atoms with van der Waals surface area (Å²) in [5.41, 5.74) is 0.880. The molecular formula is C31H56N4O4S4. The Kier molecular flexibility index (Phi) is 24.3. The third-order valence-corrected chi connectivity index (χ3v) is 12.2. The number of unbranched alkanes of at least 4 members (excludes halogenated alkanes) is 2. The maximum atomic E-state index is 12.4. The number of anilines is 2. The SMILES string of the molecule is CCCCC(CC)CSSCCOC(=O)Nc1cc(N(C)CCN(C)C(=O)OCCSSCC(CC)CCCC)ccn1. The zero-order chi connectivity index (χ0) is 31.7. The van der Waals surface area contributed by atoms with Crippen LogP contribution in [0.15, 0.2) is 18.3 Å². The van der Waals surface area contributed by atoms with Crippen LogP contribution in [-0.4, -0.2) is 85.5 Å². The second-order valence-corrected chi connectivity index (χ2v) is 15.9. The average Bonchev–Trinajstić information content (AvgIpc) is 3.01. The van der Waals surface area contributed by atoms with E-state index in [1.807, 2.05) is 39.6 Å². The number of nitrogens with one attached hydrogen (secondary N) is 1. The molecule has 1 aromatic heterocycles. The number of carbonyl (C=O) groups is 2. The summed E-state index contributed by atoms with van der Waals surface area (Å²) < 4.78 is 10.8. The molecule has 12 heteroatoms. The Hall–Kier alpha value is -1.11. The van der Waals surface area contributed by atoms with Gasteiger partial charge in [-0.05, 0) is 30.7 Å². The molecule has 1 heterocycles. The van der Waals surface area contributed by atoms with Gasteiger partial charge in [0.05, 0.1) is 0 Å². The van der Waals surface area contributed by atoms with Gasteiger partial charge in [-0.25, -0.2) is 14.6 Å². The summed E-state index contributed by atoms with van der Waals surface area (Å²) in [5, 5.41) is 2.71. The number of pyridine rings is 1. The second kappa shape index (κ2) is 26.1. The van der Waals surface area contributed by atoms with Crippen LogP contribution in [0.3, 0.4) is 0 Å². The van der Waals surface area contributed by atoms with Gasteiger partial charge in [-0.2, -0.15) is 0 Å². The zero-order valence-corrected chi connectivity index (χ0v) is 30.6. The fourth-order valence-electron chi connectivity index (χ4n) is 4.03. The number of rotatable bonds is 25. The standard InChI is InChI=1S/C31H56N4O4S4/c1-7-11-13-26(9-3)24-42-40-21-19-38-30(36)33-29-23-28(15-16-32-29)34(5)17-18-35(6)31(37)39-20-22-41-43-25-27(10-4)14-12-8-2/h15-16,23,26-27H,7-14,17-22,24-25H2,1-6H3,(H,32,33,36). The number of hydrogen-bond acceptors (Lipinski definition) is 10. The molecule has 0 aliphatic heterocycles. The molecular weight excluding hydrogens is 621 g/mol. The van der Waals surface area contributed by atoms with Crippen molar-refractivity contribution in [1.29, 1.82) is 0 Å². The van der Waals surface area contributed by atoms with Crippen molar-refractivity contribution in [1.82, 2.24) is 9.88 Å². The molecule has 8 nitrogen and oxygen atoms in total. The van der Waals surface area contributed by atoms with E-state index in [-0.39, 0.29) is 6.09 Å². The van der Waals surface area contributed by atoms with E-state index in [1.165, 1.54) is 51.4 Å². The smallest absolute Gasteiger partial charge is 0.412 e. The lowest BCUT2D eigenvalue weighted by molar-refractivity contribution is 0.118. The molecule has 1 N–H and O–H groups in total. The number of aromatic nitrogens is 1. The summed E-state index contributed by atoms with van der Waals surface area (Å²) in [6.07, 6.45) is 11.0. The third-order valence-electron chi connectivity index (χ3n) is 7.15. The molecule has 0 spiro atoms. The van der Waals surface area contributed by atoms with Crippen LogP contribution < -0.4 is 10.2 Å². The molecule has 1 rings (SSSR count). The number of ether oxygens (including phenoxy) is 2. The Balaban J connectivity index is 2.26. The average molecular weight is 677 g/mol. The Morgan fingerprint density at radius 2 is 1.44 bits per heavy atom. The number of nitrogens with zero attached hydrogens (tertiary/aromatic N) is 3. The van der Waals surface area contributed by atoms with Crippen molar-refractivity contribution in [2.45, 2.75) is 79.1 Å². The summed E-state index contributed by atoms with van der Waals surface area (Å²) >= 11 is 0. The highest BCUT2D eigenvalue weighted by Gasteiger charge is 2.13. The van der Waals surface area contributed by atoms with Crippen LogP contribution in [0.2, 0.25) is 0 Å². The van der Waals surface area contributed by atoms with Crippen molar-refractivity contribution in [2.75, 3.05) is 73.6 Å². The van der Waals surface area contributed by atoms with Crippen LogP contribution in [0.25, 0.3) is 0 Å². The summed E-state index contributed by atoms with van der Waals surface area (Å²) in [6, 6.07) is 3.67. The molecule has 2 amide bonds. The highest BCUT2D eigenvalue weighted by molar-refractivity contribution is 8.77. The molecule has 0 bridgehead atoms. The van der Waals surface area contributed by atoms with Crippen molar-refractivity contribution in [3.05, 3.63) is 18.3 Å². The molecule has 0 aliphatic rings. The fraction of sp³-hybridized carbons (Fsp3) is 0.774. The van der Waals surface area contributed by atoms with Gasteiger partial charge in [0, 0.05) is 68.1 Å². The van der Waals surface area contributed by atoms with Gasteiger partial charge in [0.1, 0.15) is 19.0 Å². The lowest BCUT2D eigenvalue weighted by Crippen LogP contribution is -2.35. The molecule has 0 aromatic carbocycles. The van der Waals surface area contributed by atoms with Crippen LogP contribution in [0.4, 0.5) is 21.1 Å². The molecule has 0 saturated carbocycles. The zero-order valence-electron chi connectivity index (χ0n) is 27.3. The first-order valence-corrected chi connectivity index (χ1v) is 20.8. The van der Waals surface area contributed by atoms with Gasteiger partial charge in [0.15, 0.2) is 0 Å². The molecule has 2 unspecified atom stereocenters. The van der Waals surface area contributed by atoms with E-state index < -0.39 is 6.09 Å². The van der Waals surface area contributed by atoms with E-state index in [9.17, 15) is 9.59 Å². The first kappa shape index (κ1) is 39.9. The van der Waals surface area contributed by atoms with Crippen LogP contribution in [0.1, 0.15) is 79.1 Å². The lowest BCUT2D eigenvalue weighted by Gasteiger charge is -2.23. The predicted molar refractivity (Wildman–Crippen MR) is 193 cm³/mol. The molecule has 0 fully saturated rings. The Bertz CT molecular complexity index is 871. The largest absolute Gasteiger partial charge is 0.449 e. The van der Waals surface area contributed by atoms with Gasteiger partial charge in [-0.1, -0.05) is 109 Å². The highest BCUT2D eigenvalue weighted by atomic mass is 33.1. The minimum Gasteiger partial charge on any atom is -0.449 e. The normalized spacial score (nSPS) is 12.4. The Morgan fingerprint density at radius 1 is 0.860 bits per heavy atom. The van der Waals surface area contributed by atoms with Crippen LogP contribution >= 0.6 is 43.2 Å². The Morgan fingerprint density at radius 3 is 2.00 bits per heavy atom. The monoisotopic (exact) mass is 676 g/mol. The number of amides is 2. The number of likely N-dealkylation sites (N-methyl/N-ethyl adjacent to an activating group) is 2. The molecule has 0 radical (unpaired) electrons. The summed E-state index contributed by atoms with van der Waals surface area (Å²) in [7, 11) is 11.0. The quantitative estimate of drug-likeness (QED) is 0.0799. The van der Waals surface area contributed by atoms with Gasteiger partial charge in [0.25, 0.3) is 0 Å². The second-order valence-electron chi connectivity index (χ2n) is 10.7. The molecule has 0 aliphatic carbocycles. The summed E-state index contributed by atoms with van der Waals surface area (Å²) in [4.78, 5) is 32.5. The van der Waals surface area contributed by atoms with E-state index in [4.69, 9.17) is 9.47 Å². The molecule has 0 saturated heterocycles. The molecule has 1 aromatic rings. The minimum atomic E-state index is -0.506. The van der Waals surface area contributed by atoms with Crippen molar-refractivity contribution in [2.24, 2.45) is 11.8 Å². The van der Waals surface area contributed by atoms with E-state index in [1.54, 1.807) is 45.8 Å². The van der Waals surface area contributed by atoms with Gasteiger partial charge in [-0.3, -0.25) is 5.32 Å². The van der Waals surface area contributed by atoms with Crippen molar-refractivity contribution >= 4 is 66.9 Å². The first-order chi connectivity index (χ1) is 20.8. The summed E-state index contributed by atoms with van der Waals surface area (Å²) in [6.45, 7) is 10.9. The summed E-state index contributed by atoms with van der Waals surface area (Å²) in [5.74, 6) is 5.82. The van der Waals surface area contributed by atoms with E-state index in [2.05, 4.69) is 38.0 Å². The number of hydrogen-bond donors (Lipinski definition) is 1. The van der Waals surface area contributed by atoms with E-state index in [0.29, 0.717) is 32.1 Å². The van der Waals surface area contributed by atoms with Gasteiger partial charge in [-0.15, -0.1) is 0 Å². The van der Waals surface area contributed by atoms with Crippen molar-refractivity contribution in [3.63, 3.8) is 0 Å². The van der Waals surface area contributed by atoms with Crippen molar-refractivity contribution in [3.8, 4) is 0 Å². The minimum absolute atomic E-state index is 0.313. The Labute approximate surface area is 277 Å². The molecule has 2 atom stereocenters. The number of carbonyl (C=O) groups excluding carboxylic acids is 2. The topological polar surface area (TPSA) is 84.0 Å². The maximum Gasteiger partial charge on any atom is 0.412 e. The van der Waals surface area contributed by atoms with Gasteiger partial charge < -0.3 is 19.3 Å².